The summed E-state index contributed by atoms with van der Waals surface area (Å²) >= 11 is 0. The highest BCUT2D eigenvalue weighted by Crippen LogP contribution is 2.26. The molecular formula is C17H21N3O3S. The minimum Gasteiger partial charge on any atom is -0.340 e. The van der Waals surface area contributed by atoms with E-state index in [9.17, 15) is 13.2 Å². The Morgan fingerprint density at radius 1 is 1.12 bits per heavy atom. The van der Waals surface area contributed by atoms with Crippen molar-refractivity contribution in [1.82, 2.24) is 14.2 Å². The number of hydrogen-bond acceptors (Lipinski definition) is 4. The lowest BCUT2D eigenvalue weighted by atomic mass is 10.2. The van der Waals surface area contributed by atoms with Crippen molar-refractivity contribution in [3.05, 3.63) is 36.7 Å². The molecule has 1 fully saturated rings. The summed E-state index contributed by atoms with van der Waals surface area (Å²) in [5, 5.41) is 1.47. The molecule has 1 aliphatic heterocycles. The predicted molar refractivity (Wildman–Crippen MR) is 91.9 cm³/mol. The maximum atomic E-state index is 13.0. The van der Waals surface area contributed by atoms with Crippen LogP contribution in [0.1, 0.15) is 13.8 Å². The van der Waals surface area contributed by atoms with Gasteiger partial charge in [-0.2, -0.15) is 4.31 Å². The van der Waals surface area contributed by atoms with Crippen molar-refractivity contribution in [3.8, 4) is 0 Å². The van der Waals surface area contributed by atoms with E-state index in [1.54, 1.807) is 35.5 Å². The lowest BCUT2D eigenvalue weighted by Gasteiger charge is -2.35. The van der Waals surface area contributed by atoms with Crippen molar-refractivity contribution in [2.24, 2.45) is 5.92 Å². The van der Waals surface area contributed by atoms with Gasteiger partial charge in [0.15, 0.2) is 0 Å². The number of nitrogens with zero attached hydrogens (tertiary/aromatic N) is 3. The molecule has 2 aromatic rings. The molecule has 1 saturated heterocycles. The number of benzene rings is 1. The van der Waals surface area contributed by atoms with Crippen LogP contribution in [0.4, 0.5) is 0 Å². The first-order valence-electron chi connectivity index (χ1n) is 8.03. The molecule has 0 saturated carbocycles. The fourth-order valence-corrected chi connectivity index (χ4v) is 4.61. The van der Waals surface area contributed by atoms with Crippen LogP contribution in [0.5, 0.6) is 0 Å². The number of carbonyl (C=O) groups is 1. The first kappa shape index (κ1) is 16.9. The molecule has 7 heteroatoms. The van der Waals surface area contributed by atoms with Gasteiger partial charge in [-0.25, -0.2) is 8.42 Å². The Morgan fingerprint density at radius 3 is 2.50 bits per heavy atom. The van der Waals surface area contributed by atoms with Crippen LogP contribution in [-0.4, -0.2) is 54.7 Å². The van der Waals surface area contributed by atoms with E-state index in [0.29, 0.717) is 36.5 Å². The Balaban J connectivity index is 1.86. The number of carbonyl (C=O) groups excluding carboxylic acids is 1. The monoisotopic (exact) mass is 347 g/mol. The number of fused-ring (bicyclic) bond motifs is 1. The van der Waals surface area contributed by atoms with Gasteiger partial charge in [0.25, 0.3) is 0 Å². The van der Waals surface area contributed by atoms with E-state index in [4.69, 9.17) is 0 Å². The highest BCUT2D eigenvalue weighted by Gasteiger charge is 2.31. The van der Waals surface area contributed by atoms with Gasteiger partial charge in [0, 0.05) is 55.3 Å². The quantitative estimate of drug-likeness (QED) is 0.848. The zero-order valence-corrected chi connectivity index (χ0v) is 14.7. The number of piperazine rings is 1. The molecule has 0 atom stereocenters. The highest BCUT2D eigenvalue weighted by molar-refractivity contribution is 7.89. The summed E-state index contributed by atoms with van der Waals surface area (Å²) < 4.78 is 27.5. The van der Waals surface area contributed by atoms with Crippen molar-refractivity contribution < 1.29 is 13.2 Å². The largest absolute Gasteiger partial charge is 0.340 e. The van der Waals surface area contributed by atoms with Gasteiger partial charge < -0.3 is 4.90 Å². The molecule has 0 spiro atoms. The van der Waals surface area contributed by atoms with Crippen molar-refractivity contribution in [3.63, 3.8) is 0 Å². The summed E-state index contributed by atoms with van der Waals surface area (Å²) in [7, 11) is -3.59. The third-order valence-electron chi connectivity index (χ3n) is 4.30. The van der Waals surface area contributed by atoms with Crippen molar-refractivity contribution in [2.45, 2.75) is 18.7 Å². The van der Waals surface area contributed by atoms with Gasteiger partial charge in [-0.15, -0.1) is 0 Å². The summed E-state index contributed by atoms with van der Waals surface area (Å²) in [6.07, 6.45) is 3.26. The minimum absolute atomic E-state index is 0.0706. The summed E-state index contributed by atoms with van der Waals surface area (Å²) in [5.74, 6) is 0.00186. The van der Waals surface area contributed by atoms with Crippen LogP contribution >= 0.6 is 0 Å². The smallest absolute Gasteiger partial charge is 0.243 e. The summed E-state index contributed by atoms with van der Waals surface area (Å²) in [6, 6.07) is 6.93. The number of sulfonamides is 1. The number of pyridine rings is 1. The Kier molecular flexibility index (Phi) is 4.56. The molecule has 1 aromatic heterocycles. The zero-order valence-electron chi connectivity index (χ0n) is 13.8. The second-order valence-electron chi connectivity index (χ2n) is 6.24. The molecule has 1 aromatic carbocycles. The Labute approximate surface area is 142 Å². The number of rotatable bonds is 3. The molecule has 0 N–H and O–H groups in total. The Hall–Kier alpha value is -1.99. The Morgan fingerprint density at radius 2 is 1.83 bits per heavy atom. The standard InChI is InChI=1S/C17H21N3O3S/c1-13(2)17(21)19-8-10-20(11-9-19)24(22,23)16-5-3-4-14-12-18-7-6-15(14)16/h3-7,12-13H,8-11H2,1-2H3. The lowest BCUT2D eigenvalue weighted by molar-refractivity contribution is -0.135. The molecule has 6 nitrogen and oxygen atoms in total. The van der Waals surface area contributed by atoms with Gasteiger partial charge in [-0.1, -0.05) is 26.0 Å². The third kappa shape index (κ3) is 3.01. The number of aromatic nitrogens is 1. The molecule has 3 rings (SSSR count). The highest BCUT2D eigenvalue weighted by atomic mass is 32.2. The van der Waals surface area contributed by atoms with Gasteiger partial charge in [0.05, 0.1) is 4.90 Å². The predicted octanol–water partition coefficient (Wildman–Crippen LogP) is 1.72. The molecule has 128 valence electrons. The van der Waals surface area contributed by atoms with Crippen LogP contribution in [0, 0.1) is 5.92 Å². The molecule has 0 aliphatic carbocycles. The first-order chi connectivity index (χ1) is 11.4. The van der Waals surface area contributed by atoms with E-state index >= 15 is 0 Å². The summed E-state index contributed by atoms with van der Waals surface area (Å²) in [6.45, 7) is 5.22. The first-order valence-corrected chi connectivity index (χ1v) is 9.47. The average molecular weight is 347 g/mol. The molecule has 0 bridgehead atoms. The van der Waals surface area contributed by atoms with E-state index in [1.807, 2.05) is 19.9 Å². The van der Waals surface area contributed by atoms with Gasteiger partial charge >= 0.3 is 0 Å². The van der Waals surface area contributed by atoms with Gasteiger partial charge in [0.1, 0.15) is 0 Å². The third-order valence-corrected chi connectivity index (χ3v) is 6.26. The van der Waals surface area contributed by atoms with Crippen LogP contribution in [-0.2, 0) is 14.8 Å². The Bertz CT molecular complexity index is 851. The van der Waals surface area contributed by atoms with Crippen LogP contribution in [0.15, 0.2) is 41.6 Å². The summed E-state index contributed by atoms with van der Waals surface area (Å²) in [5.41, 5.74) is 0. The van der Waals surface area contributed by atoms with E-state index in [0.717, 1.165) is 5.39 Å². The topological polar surface area (TPSA) is 70.6 Å². The fraction of sp³-hybridized carbons (Fsp3) is 0.412. The van der Waals surface area contributed by atoms with Gasteiger partial charge in [0.2, 0.25) is 15.9 Å². The molecule has 0 unspecified atom stereocenters. The second kappa shape index (κ2) is 6.49. The van der Waals surface area contributed by atoms with Gasteiger partial charge in [-0.3, -0.25) is 9.78 Å². The van der Waals surface area contributed by atoms with E-state index in [2.05, 4.69) is 4.98 Å². The van der Waals surface area contributed by atoms with Crippen LogP contribution in [0.25, 0.3) is 10.8 Å². The molecule has 1 amide bonds. The van der Waals surface area contributed by atoms with Crippen molar-refractivity contribution in [2.75, 3.05) is 26.2 Å². The minimum atomic E-state index is -3.59. The fourth-order valence-electron chi connectivity index (χ4n) is 2.97. The lowest BCUT2D eigenvalue weighted by Crippen LogP contribution is -2.51. The van der Waals surface area contributed by atoms with Crippen molar-refractivity contribution >= 4 is 26.7 Å². The molecule has 0 radical (unpaired) electrons. The van der Waals surface area contributed by atoms with Crippen LogP contribution in [0.3, 0.4) is 0 Å². The van der Waals surface area contributed by atoms with E-state index in [-0.39, 0.29) is 11.8 Å². The molecule has 1 aliphatic rings. The van der Waals surface area contributed by atoms with Gasteiger partial charge in [-0.05, 0) is 12.1 Å². The normalized spacial score (nSPS) is 16.7. The number of amides is 1. The molecule has 24 heavy (non-hydrogen) atoms. The maximum absolute atomic E-state index is 13.0. The van der Waals surface area contributed by atoms with Crippen molar-refractivity contribution in [1.29, 1.82) is 0 Å². The SMILES string of the molecule is CC(C)C(=O)N1CCN(S(=O)(=O)c2cccc3cnccc23)CC1. The second-order valence-corrected chi connectivity index (χ2v) is 8.14. The maximum Gasteiger partial charge on any atom is 0.243 e. The zero-order chi connectivity index (χ0) is 17.3. The number of hydrogen-bond donors (Lipinski definition) is 0. The molecule has 2 heterocycles. The van der Waals surface area contributed by atoms with E-state index in [1.165, 1.54) is 4.31 Å². The van der Waals surface area contributed by atoms with Crippen LogP contribution < -0.4 is 0 Å². The van der Waals surface area contributed by atoms with E-state index < -0.39 is 10.0 Å². The molecular weight excluding hydrogens is 326 g/mol. The van der Waals surface area contributed by atoms with Crippen LogP contribution in [0.2, 0.25) is 0 Å². The average Bonchev–Trinajstić information content (AvgIpc) is 2.60. The summed E-state index contributed by atoms with van der Waals surface area (Å²) in [4.78, 5) is 18.1.